The average Bonchev–Trinajstić information content (AvgIpc) is 2.60. The standard InChI is InChI=1S/C20H20N4O/c1-15-7-3-4-8-16(15)13-23(2)14-19-22-18-10-6-5-9-17(18)20(25)24(19)12-11-21/h3-10H,12-14H2,1-2H3. The van der Waals surface area contributed by atoms with Gasteiger partial charge in [0.1, 0.15) is 12.4 Å². The van der Waals surface area contributed by atoms with Crippen LogP contribution in [0.1, 0.15) is 17.0 Å². The smallest absolute Gasteiger partial charge is 0.262 e. The van der Waals surface area contributed by atoms with E-state index in [9.17, 15) is 4.79 Å². The lowest BCUT2D eigenvalue weighted by Gasteiger charge is -2.19. The van der Waals surface area contributed by atoms with Gasteiger partial charge in [-0.05, 0) is 37.2 Å². The molecule has 0 aliphatic carbocycles. The molecule has 126 valence electrons. The fraction of sp³-hybridized carbons (Fsp3) is 0.250. The normalized spacial score (nSPS) is 11.0. The van der Waals surface area contributed by atoms with E-state index in [1.807, 2.05) is 37.4 Å². The molecule has 0 saturated heterocycles. The van der Waals surface area contributed by atoms with Crippen molar-refractivity contribution < 1.29 is 0 Å². The molecule has 0 aliphatic rings. The topological polar surface area (TPSA) is 61.9 Å². The van der Waals surface area contributed by atoms with Crippen LogP contribution in [-0.4, -0.2) is 21.5 Å². The van der Waals surface area contributed by atoms with E-state index in [4.69, 9.17) is 5.26 Å². The van der Waals surface area contributed by atoms with Crippen LogP contribution in [0.15, 0.2) is 53.3 Å². The monoisotopic (exact) mass is 332 g/mol. The summed E-state index contributed by atoms with van der Waals surface area (Å²) < 4.78 is 1.47. The molecule has 0 spiro atoms. The van der Waals surface area contributed by atoms with E-state index in [0.29, 0.717) is 23.3 Å². The number of nitriles is 1. The molecule has 2 aromatic carbocycles. The van der Waals surface area contributed by atoms with E-state index >= 15 is 0 Å². The predicted octanol–water partition coefficient (Wildman–Crippen LogP) is 2.86. The molecule has 0 N–H and O–H groups in total. The summed E-state index contributed by atoms with van der Waals surface area (Å²) in [7, 11) is 1.99. The van der Waals surface area contributed by atoms with Gasteiger partial charge in [0, 0.05) is 6.54 Å². The van der Waals surface area contributed by atoms with Crippen LogP contribution in [-0.2, 0) is 19.6 Å². The summed E-state index contributed by atoms with van der Waals surface area (Å²) in [6.07, 6.45) is 0. The average molecular weight is 332 g/mol. The Morgan fingerprint density at radius 2 is 1.84 bits per heavy atom. The molecule has 0 aliphatic heterocycles. The van der Waals surface area contributed by atoms with Crippen LogP contribution in [0.25, 0.3) is 10.9 Å². The van der Waals surface area contributed by atoms with Crippen molar-refractivity contribution in [3.05, 3.63) is 75.8 Å². The minimum Gasteiger partial charge on any atom is -0.295 e. The molecule has 5 heteroatoms. The van der Waals surface area contributed by atoms with Crippen LogP contribution in [0.4, 0.5) is 0 Å². The first-order valence-corrected chi connectivity index (χ1v) is 8.18. The maximum absolute atomic E-state index is 12.7. The Labute approximate surface area is 146 Å². The van der Waals surface area contributed by atoms with Crippen molar-refractivity contribution in [1.29, 1.82) is 5.26 Å². The van der Waals surface area contributed by atoms with E-state index in [-0.39, 0.29) is 12.1 Å². The molecule has 0 radical (unpaired) electrons. The Morgan fingerprint density at radius 1 is 1.12 bits per heavy atom. The molecule has 25 heavy (non-hydrogen) atoms. The summed E-state index contributed by atoms with van der Waals surface area (Å²) in [6.45, 7) is 3.34. The summed E-state index contributed by atoms with van der Waals surface area (Å²) in [5.74, 6) is 0.612. The number of aromatic nitrogens is 2. The number of rotatable bonds is 5. The van der Waals surface area contributed by atoms with Gasteiger partial charge in [-0.15, -0.1) is 0 Å². The van der Waals surface area contributed by atoms with E-state index in [1.165, 1.54) is 15.7 Å². The highest BCUT2D eigenvalue weighted by Gasteiger charge is 2.13. The van der Waals surface area contributed by atoms with Crippen LogP contribution < -0.4 is 5.56 Å². The molecule has 0 fully saturated rings. The van der Waals surface area contributed by atoms with Crippen LogP contribution in [0.2, 0.25) is 0 Å². The molecule has 0 atom stereocenters. The zero-order valence-electron chi connectivity index (χ0n) is 14.4. The second-order valence-electron chi connectivity index (χ2n) is 6.19. The number of fused-ring (bicyclic) bond motifs is 1. The minimum absolute atomic E-state index is 0.00417. The van der Waals surface area contributed by atoms with E-state index in [2.05, 4.69) is 35.0 Å². The third-order valence-corrected chi connectivity index (χ3v) is 4.28. The van der Waals surface area contributed by atoms with Crippen molar-refractivity contribution in [3.8, 4) is 6.07 Å². The summed E-state index contributed by atoms with van der Waals surface area (Å²) in [5, 5.41) is 9.64. The number of hydrogen-bond acceptors (Lipinski definition) is 4. The maximum atomic E-state index is 12.7. The summed E-state index contributed by atoms with van der Waals surface area (Å²) >= 11 is 0. The highest BCUT2D eigenvalue weighted by Crippen LogP contribution is 2.13. The molecule has 3 aromatic rings. The highest BCUT2D eigenvalue weighted by atomic mass is 16.1. The second kappa shape index (κ2) is 7.29. The molecule has 1 aromatic heterocycles. The van der Waals surface area contributed by atoms with Crippen molar-refractivity contribution >= 4 is 10.9 Å². The molecule has 3 rings (SSSR count). The summed E-state index contributed by atoms with van der Waals surface area (Å²) in [5.41, 5.74) is 2.97. The first kappa shape index (κ1) is 16.9. The molecule has 0 unspecified atom stereocenters. The maximum Gasteiger partial charge on any atom is 0.262 e. The van der Waals surface area contributed by atoms with Gasteiger partial charge in [0.15, 0.2) is 0 Å². The lowest BCUT2D eigenvalue weighted by molar-refractivity contribution is 0.303. The van der Waals surface area contributed by atoms with Crippen LogP contribution in [0, 0.1) is 18.3 Å². The fourth-order valence-electron chi connectivity index (χ4n) is 2.94. The third-order valence-electron chi connectivity index (χ3n) is 4.28. The van der Waals surface area contributed by atoms with Gasteiger partial charge in [0.25, 0.3) is 5.56 Å². The molecule has 5 nitrogen and oxygen atoms in total. The lowest BCUT2D eigenvalue weighted by Crippen LogP contribution is -2.29. The lowest BCUT2D eigenvalue weighted by atomic mass is 10.1. The van der Waals surface area contributed by atoms with Crippen molar-refractivity contribution in [2.75, 3.05) is 7.05 Å². The van der Waals surface area contributed by atoms with Crippen molar-refractivity contribution in [2.45, 2.75) is 26.6 Å². The van der Waals surface area contributed by atoms with Crippen molar-refractivity contribution in [2.24, 2.45) is 0 Å². The van der Waals surface area contributed by atoms with E-state index in [1.54, 1.807) is 6.07 Å². The van der Waals surface area contributed by atoms with Crippen LogP contribution >= 0.6 is 0 Å². The molecule has 0 bridgehead atoms. The minimum atomic E-state index is -0.161. The van der Waals surface area contributed by atoms with Gasteiger partial charge in [-0.25, -0.2) is 4.98 Å². The molecule has 1 heterocycles. The van der Waals surface area contributed by atoms with Gasteiger partial charge in [-0.2, -0.15) is 5.26 Å². The zero-order chi connectivity index (χ0) is 17.8. The van der Waals surface area contributed by atoms with Crippen molar-refractivity contribution in [3.63, 3.8) is 0 Å². The molecular weight excluding hydrogens is 312 g/mol. The Hall–Kier alpha value is -2.97. The van der Waals surface area contributed by atoms with Gasteiger partial charge >= 0.3 is 0 Å². The summed E-state index contributed by atoms with van der Waals surface area (Å²) in [6, 6.07) is 17.6. The largest absolute Gasteiger partial charge is 0.295 e. The SMILES string of the molecule is Cc1ccccc1CN(C)Cc1nc2ccccc2c(=O)n1CC#N. The Balaban J connectivity index is 1.95. The van der Waals surface area contributed by atoms with Crippen LogP contribution in [0.5, 0.6) is 0 Å². The first-order valence-electron chi connectivity index (χ1n) is 8.18. The molecular formula is C20H20N4O. The van der Waals surface area contributed by atoms with Gasteiger partial charge in [-0.3, -0.25) is 14.3 Å². The number of aryl methyl sites for hydroxylation is 1. The van der Waals surface area contributed by atoms with Gasteiger partial charge in [0.2, 0.25) is 0 Å². The summed E-state index contributed by atoms with van der Waals surface area (Å²) in [4.78, 5) is 19.4. The quantitative estimate of drug-likeness (QED) is 0.721. The molecule has 0 amide bonds. The third kappa shape index (κ3) is 3.59. The van der Waals surface area contributed by atoms with E-state index < -0.39 is 0 Å². The molecule has 0 saturated carbocycles. The van der Waals surface area contributed by atoms with Crippen LogP contribution in [0.3, 0.4) is 0 Å². The van der Waals surface area contributed by atoms with Gasteiger partial charge < -0.3 is 0 Å². The number of benzene rings is 2. The van der Waals surface area contributed by atoms with E-state index in [0.717, 1.165) is 6.54 Å². The fourth-order valence-corrected chi connectivity index (χ4v) is 2.94. The predicted molar refractivity (Wildman–Crippen MR) is 98.0 cm³/mol. The Bertz CT molecular complexity index is 1000. The zero-order valence-corrected chi connectivity index (χ0v) is 14.4. The number of nitrogens with zero attached hydrogens (tertiary/aromatic N) is 4. The Kier molecular flexibility index (Phi) is 4.92. The van der Waals surface area contributed by atoms with Crippen molar-refractivity contribution in [1.82, 2.24) is 14.5 Å². The highest BCUT2D eigenvalue weighted by molar-refractivity contribution is 5.77. The van der Waals surface area contributed by atoms with Gasteiger partial charge in [-0.1, -0.05) is 36.4 Å². The Morgan fingerprint density at radius 3 is 2.60 bits per heavy atom. The number of para-hydroxylation sites is 1. The first-order chi connectivity index (χ1) is 12.1. The second-order valence-corrected chi connectivity index (χ2v) is 6.19. The number of hydrogen-bond donors (Lipinski definition) is 0. The van der Waals surface area contributed by atoms with Gasteiger partial charge in [0.05, 0.1) is 23.5 Å².